The molecule has 0 aliphatic carbocycles. The highest BCUT2D eigenvalue weighted by molar-refractivity contribution is 7.92. The van der Waals surface area contributed by atoms with Crippen molar-refractivity contribution in [3.05, 3.63) is 42.5 Å². The largest absolute Gasteiger partial charge is 0.573 e. The van der Waals surface area contributed by atoms with Crippen molar-refractivity contribution in [2.45, 2.75) is 31.5 Å². The Morgan fingerprint density at radius 3 is 2.62 bits per heavy atom. The summed E-state index contributed by atoms with van der Waals surface area (Å²) in [5.41, 5.74) is 0.224. The van der Waals surface area contributed by atoms with E-state index < -0.39 is 22.1 Å². The summed E-state index contributed by atoms with van der Waals surface area (Å²) in [5.74, 6) is -0.983. The van der Waals surface area contributed by atoms with Gasteiger partial charge in [0.15, 0.2) is 0 Å². The fourth-order valence-corrected chi connectivity index (χ4v) is 4.72. The van der Waals surface area contributed by atoms with Crippen LogP contribution in [0.15, 0.2) is 47.4 Å². The molecule has 1 aliphatic heterocycles. The minimum absolute atomic E-state index is 0.0180. The molecular weight excluding hydrogens is 477 g/mol. The van der Waals surface area contributed by atoms with E-state index in [-0.39, 0.29) is 40.7 Å². The summed E-state index contributed by atoms with van der Waals surface area (Å²) in [7, 11) is -4.24. The molecule has 34 heavy (non-hydrogen) atoms. The smallest absolute Gasteiger partial charge is 0.492 e. The fraction of sp³-hybridized carbons (Fsp3) is 0.409. The van der Waals surface area contributed by atoms with Gasteiger partial charge in [-0.05, 0) is 43.5 Å². The van der Waals surface area contributed by atoms with E-state index >= 15 is 0 Å². The molecule has 12 heteroatoms. The molecule has 0 bridgehead atoms. The Morgan fingerprint density at radius 1 is 1.18 bits per heavy atom. The van der Waals surface area contributed by atoms with Crippen molar-refractivity contribution in [2.24, 2.45) is 11.8 Å². The van der Waals surface area contributed by atoms with Crippen LogP contribution in [-0.4, -0.2) is 40.5 Å². The molecule has 1 amide bonds. The fourth-order valence-electron chi connectivity index (χ4n) is 3.55. The van der Waals surface area contributed by atoms with E-state index in [1.807, 2.05) is 6.92 Å². The number of sulfonamides is 1. The zero-order valence-electron chi connectivity index (χ0n) is 18.5. The van der Waals surface area contributed by atoms with Crippen LogP contribution in [0.25, 0.3) is 0 Å². The van der Waals surface area contributed by atoms with Gasteiger partial charge in [-0.2, -0.15) is 0 Å². The lowest BCUT2D eigenvalue weighted by Gasteiger charge is -2.27. The molecule has 2 atom stereocenters. The van der Waals surface area contributed by atoms with Crippen LogP contribution >= 0.6 is 0 Å². The SMILES string of the molecule is CCOc1cc(NC(=O)[C@H]2CCOC[C@H]2C)ccc1S(=O)(=O)Nc1cccc(OC(F)(F)F)c1. The third kappa shape index (κ3) is 6.76. The highest BCUT2D eigenvalue weighted by Gasteiger charge is 2.31. The summed E-state index contributed by atoms with van der Waals surface area (Å²) in [6.45, 7) is 4.71. The van der Waals surface area contributed by atoms with Crippen LogP contribution in [0, 0.1) is 11.8 Å². The number of ether oxygens (including phenoxy) is 3. The molecule has 1 aliphatic rings. The van der Waals surface area contributed by atoms with E-state index in [0.29, 0.717) is 25.3 Å². The average Bonchev–Trinajstić information content (AvgIpc) is 2.73. The molecule has 1 fully saturated rings. The van der Waals surface area contributed by atoms with Crippen LogP contribution in [0.3, 0.4) is 0 Å². The van der Waals surface area contributed by atoms with E-state index in [2.05, 4.69) is 14.8 Å². The number of carbonyl (C=O) groups excluding carboxylic acids is 1. The van der Waals surface area contributed by atoms with Crippen LogP contribution in [-0.2, 0) is 19.6 Å². The second-order valence-electron chi connectivity index (χ2n) is 7.71. The lowest BCUT2D eigenvalue weighted by atomic mass is 9.89. The lowest BCUT2D eigenvalue weighted by Crippen LogP contribution is -2.35. The summed E-state index contributed by atoms with van der Waals surface area (Å²) in [6.07, 6.45) is -4.33. The second kappa shape index (κ2) is 10.5. The van der Waals surface area contributed by atoms with Crippen molar-refractivity contribution in [3.8, 4) is 11.5 Å². The molecule has 1 saturated heterocycles. The van der Waals surface area contributed by atoms with Gasteiger partial charge in [-0.15, -0.1) is 13.2 Å². The molecule has 8 nitrogen and oxygen atoms in total. The number of hydrogen-bond donors (Lipinski definition) is 2. The first-order valence-electron chi connectivity index (χ1n) is 10.5. The Bertz CT molecular complexity index is 1120. The van der Waals surface area contributed by atoms with Gasteiger partial charge in [0.1, 0.15) is 16.4 Å². The Hall–Kier alpha value is -2.99. The molecule has 2 aromatic carbocycles. The van der Waals surface area contributed by atoms with Gasteiger partial charge in [-0.3, -0.25) is 9.52 Å². The number of carbonyl (C=O) groups is 1. The Morgan fingerprint density at radius 2 is 1.94 bits per heavy atom. The van der Waals surface area contributed by atoms with Crippen LogP contribution in [0.1, 0.15) is 20.3 Å². The number of nitrogens with one attached hydrogen (secondary N) is 2. The molecule has 3 rings (SSSR count). The van der Waals surface area contributed by atoms with E-state index in [9.17, 15) is 26.4 Å². The van der Waals surface area contributed by atoms with E-state index in [4.69, 9.17) is 9.47 Å². The molecule has 0 aromatic heterocycles. The number of hydrogen-bond acceptors (Lipinski definition) is 6. The predicted octanol–water partition coefficient (Wildman–Crippen LogP) is 4.40. The third-order valence-corrected chi connectivity index (χ3v) is 6.52. The van der Waals surface area contributed by atoms with Gasteiger partial charge in [0.2, 0.25) is 5.91 Å². The zero-order valence-corrected chi connectivity index (χ0v) is 19.3. The molecule has 186 valence electrons. The van der Waals surface area contributed by atoms with Crippen molar-refractivity contribution in [1.82, 2.24) is 0 Å². The first-order valence-corrected chi connectivity index (χ1v) is 12.0. The molecule has 0 spiro atoms. The van der Waals surface area contributed by atoms with Gasteiger partial charge in [0.05, 0.1) is 12.3 Å². The van der Waals surface area contributed by atoms with Crippen LogP contribution in [0.2, 0.25) is 0 Å². The maximum Gasteiger partial charge on any atom is 0.573 e. The molecule has 1 heterocycles. The van der Waals surface area contributed by atoms with Gasteiger partial charge in [0.25, 0.3) is 10.0 Å². The molecular formula is C22H25F3N2O6S. The quantitative estimate of drug-likeness (QED) is 0.555. The summed E-state index contributed by atoms with van der Waals surface area (Å²) in [4.78, 5) is 12.4. The van der Waals surface area contributed by atoms with Crippen molar-refractivity contribution in [3.63, 3.8) is 0 Å². The summed E-state index contributed by atoms with van der Waals surface area (Å²) < 4.78 is 80.2. The van der Waals surface area contributed by atoms with Crippen molar-refractivity contribution >= 4 is 27.3 Å². The Kier molecular flexibility index (Phi) is 7.93. The minimum Gasteiger partial charge on any atom is -0.492 e. The average molecular weight is 503 g/mol. The lowest BCUT2D eigenvalue weighted by molar-refractivity contribution is -0.274. The molecule has 0 radical (unpaired) electrons. The highest BCUT2D eigenvalue weighted by Crippen LogP contribution is 2.32. The van der Waals surface area contributed by atoms with Gasteiger partial charge in [-0.1, -0.05) is 13.0 Å². The standard InChI is InChI=1S/C22H25F3N2O6S/c1-3-32-19-12-15(26-21(28)18-9-10-31-13-14(18)2)7-8-20(19)34(29,30)27-16-5-4-6-17(11-16)33-22(23,24)25/h4-8,11-12,14,18,27H,3,9-10,13H2,1-2H3,(H,26,28)/t14-,18+/m1/s1. The predicted molar refractivity (Wildman–Crippen MR) is 118 cm³/mol. The molecule has 0 saturated carbocycles. The number of rotatable bonds is 8. The van der Waals surface area contributed by atoms with E-state index in [1.54, 1.807) is 6.92 Å². The summed E-state index contributed by atoms with van der Waals surface area (Å²) in [6, 6.07) is 8.53. The minimum atomic E-state index is -4.91. The van der Waals surface area contributed by atoms with Gasteiger partial charge < -0.3 is 19.5 Å². The summed E-state index contributed by atoms with van der Waals surface area (Å²) in [5, 5.41) is 2.79. The van der Waals surface area contributed by atoms with Gasteiger partial charge in [-0.25, -0.2) is 8.42 Å². The maximum atomic E-state index is 13.0. The number of amides is 1. The van der Waals surface area contributed by atoms with Crippen LogP contribution in [0.4, 0.5) is 24.5 Å². The number of alkyl halides is 3. The van der Waals surface area contributed by atoms with Gasteiger partial charge >= 0.3 is 6.36 Å². The van der Waals surface area contributed by atoms with Crippen molar-refractivity contribution in [2.75, 3.05) is 29.9 Å². The van der Waals surface area contributed by atoms with Crippen LogP contribution in [0.5, 0.6) is 11.5 Å². The Balaban J connectivity index is 1.81. The zero-order chi connectivity index (χ0) is 24.9. The topological polar surface area (TPSA) is 103 Å². The highest BCUT2D eigenvalue weighted by atomic mass is 32.2. The van der Waals surface area contributed by atoms with Crippen molar-refractivity contribution < 1.29 is 40.6 Å². The van der Waals surface area contributed by atoms with E-state index in [1.165, 1.54) is 30.3 Å². The van der Waals surface area contributed by atoms with E-state index in [0.717, 1.165) is 12.1 Å². The van der Waals surface area contributed by atoms with Crippen molar-refractivity contribution in [1.29, 1.82) is 0 Å². The third-order valence-electron chi connectivity index (χ3n) is 5.10. The number of benzene rings is 2. The molecule has 2 N–H and O–H groups in total. The van der Waals surface area contributed by atoms with Crippen LogP contribution < -0.4 is 19.5 Å². The molecule has 2 aromatic rings. The second-order valence-corrected chi connectivity index (χ2v) is 9.36. The first kappa shape index (κ1) is 25.6. The first-order chi connectivity index (χ1) is 16.0. The molecule has 0 unspecified atom stereocenters. The monoisotopic (exact) mass is 502 g/mol. The normalized spacial score (nSPS) is 18.7. The maximum absolute atomic E-state index is 13.0. The number of halogens is 3. The Labute approximate surface area is 195 Å². The number of anilines is 2. The van der Waals surface area contributed by atoms with Gasteiger partial charge in [0, 0.05) is 37.0 Å². The summed E-state index contributed by atoms with van der Waals surface area (Å²) >= 11 is 0.